The first-order chi connectivity index (χ1) is 6.09. The molecule has 1 rings (SSSR count). The molecule has 0 fully saturated rings. The molecule has 1 amide bonds. The second-order valence-electron chi connectivity index (χ2n) is 3.01. The fraction of sp³-hybridized carbons (Fsp3) is 0.300. The number of amides is 1. The maximum atomic E-state index is 10.5. The molecule has 3 heteroatoms. The first kappa shape index (κ1) is 9.58. The van der Waals surface area contributed by atoms with Crippen molar-refractivity contribution in [2.75, 3.05) is 0 Å². The van der Waals surface area contributed by atoms with E-state index in [1.165, 1.54) is 12.5 Å². The lowest BCUT2D eigenvalue weighted by molar-refractivity contribution is -0.125. The molecule has 0 bridgehead atoms. The van der Waals surface area contributed by atoms with Gasteiger partial charge in [-0.3, -0.25) is 4.79 Å². The quantitative estimate of drug-likeness (QED) is 0.702. The van der Waals surface area contributed by atoms with Gasteiger partial charge in [-0.1, -0.05) is 6.07 Å². The Hall–Kier alpha value is -1.51. The van der Waals surface area contributed by atoms with E-state index in [1.807, 2.05) is 32.0 Å². The van der Waals surface area contributed by atoms with Crippen LogP contribution in [0, 0.1) is 13.8 Å². The first-order valence-electron chi connectivity index (χ1n) is 4.10. The third-order valence-corrected chi connectivity index (χ3v) is 1.79. The maximum Gasteiger partial charge on any atom is 0.249 e. The molecular formula is C10H13NO2. The molecule has 0 aromatic heterocycles. The van der Waals surface area contributed by atoms with Crippen molar-refractivity contribution in [1.82, 2.24) is 5.48 Å². The number of hydrogen-bond donors (Lipinski definition) is 1. The Labute approximate surface area is 77.7 Å². The number of benzene rings is 1. The summed E-state index contributed by atoms with van der Waals surface area (Å²) in [6, 6.07) is 5.65. The Kier molecular flexibility index (Phi) is 2.90. The third kappa shape index (κ3) is 2.78. The lowest BCUT2D eigenvalue weighted by atomic mass is 10.1. The minimum absolute atomic E-state index is 0.210. The minimum Gasteiger partial charge on any atom is -0.380 e. The molecule has 0 aliphatic carbocycles. The summed E-state index contributed by atoms with van der Waals surface area (Å²) in [7, 11) is 0. The second kappa shape index (κ2) is 3.94. The Morgan fingerprint density at radius 1 is 1.31 bits per heavy atom. The average molecular weight is 179 g/mol. The van der Waals surface area contributed by atoms with Gasteiger partial charge in [-0.25, -0.2) is 0 Å². The first-order valence-corrected chi connectivity index (χ1v) is 4.10. The van der Waals surface area contributed by atoms with Crippen molar-refractivity contribution in [2.24, 2.45) is 0 Å². The van der Waals surface area contributed by atoms with Gasteiger partial charge in [-0.15, -0.1) is 0 Å². The number of hydrogen-bond acceptors (Lipinski definition) is 2. The molecular weight excluding hydrogens is 166 g/mol. The molecule has 1 aromatic rings. The summed E-state index contributed by atoms with van der Waals surface area (Å²) in [5, 5.41) is 0. The highest BCUT2D eigenvalue weighted by Crippen LogP contribution is 2.15. The third-order valence-electron chi connectivity index (χ3n) is 1.79. The lowest BCUT2D eigenvalue weighted by Crippen LogP contribution is -2.23. The van der Waals surface area contributed by atoms with E-state index in [0.29, 0.717) is 5.75 Å². The monoisotopic (exact) mass is 179 g/mol. The van der Waals surface area contributed by atoms with Crippen LogP contribution < -0.4 is 10.3 Å². The highest BCUT2D eigenvalue weighted by molar-refractivity contribution is 5.71. The van der Waals surface area contributed by atoms with Gasteiger partial charge >= 0.3 is 0 Å². The molecule has 0 saturated heterocycles. The van der Waals surface area contributed by atoms with Gasteiger partial charge in [0.05, 0.1) is 0 Å². The van der Waals surface area contributed by atoms with Crippen LogP contribution in [0.2, 0.25) is 0 Å². The van der Waals surface area contributed by atoms with E-state index >= 15 is 0 Å². The van der Waals surface area contributed by atoms with Crippen molar-refractivity contribution in [1.29, 1.82) is 0 Å². The molecule has 0 radical (unpaired) electrons. The molecule has 3 nitrogen and oxygen atoms in total. The normalized spacial score (nSPS) is 9.46. The fourth-order valence-electron chi connectivity index (χ4n) is 0.908. The molecule has 0 aliphatic heterocycles. The van der Waals surface area contributed by atoms with Crippen molar-refractivity contribution in [3.8, 4) is 5.75 Å². The number of nitrogens with one attached hydrogen (secondary N) is 1. The van der Waals surface area contributed by atoms with Gasteiger partial charge in [0.1, 0.15) is 0 Å². The van der Waals surface area contributed by atoms with Crippen LogP contribution in [0.5, 0.6) is 5.75 Å². The number of rotatable bonds is 2. The summed E-state index contributed by atoms with van der Waals surface area (Å²) in [5.74, 6) is 0.441. The van der Waals surface area contributed by atoms with Crippen LogP contribution in [-0.4, -0.2) is 5.91 Å². The Morgan fingerprint density at radius 2 is 2.00 bits per heavy atom. The highest BCUT2D eigenvalue weighted by Gasteiger charge is 1.97. The summed E-state index contributed by atoms with van der Waals surface area (Å²) < 4.78 is 0. The van der Waals surface area contributed by atoms with E-state index in [9.17, 15) is 4.79 Å². The highest BCUT2D eigenvalue weighted by atomic mass is 16.7. The summed E-state index contributed by atoms with van der Waals surface area (Å²) in [5.41, 5.74) is 4.61. The zero-order valence-corrected chi connectivity index (χ0v) is 8.05. The smallest absolute Gasteiger partial charge is 0.249 e. The SMILES string of the molecule is CC(=O)NOc1ccc(C)c(C)c1. The Morgan fingerprint density at radius 3 is 2.54 bits per heavy atom. The summed E-state index contributed by atoms with van der Waals surface area (Å²) in [6.45, 7) is 5.43. The second-order valence-corrected chi connectivity index (χ2v) is 3.01. The fourth-order valence-corrected chi connectivity index (χ4v) is 0.908. The van der Waals surface area contributed by atoms with Crippen LogP contribution in [0.25, 0.3) is 0 Å². The number of aryl methyl sites for hydroxylation is 2. The van der Waals surface area contributed by atoms with E-state index in [2.05, 4.69) is 5.48 Å². The topological polar surface area (TPSA) is 38.3 Å². The summed E-state index contributed by atoms with van der Waals surface area (Å²) >= 11 is 0. The van der Waals surface area contributed by atoms with E-state index in [1.54, 1.807) is 0 Å². The van der Waals surface area contributed by atoms with Gasteiger partial charge < -0.3 is 4.84 Å². The van der Waals surface area contributed by atoms with Gasteiger partial charge in [0, 0.05) is 6.92 Å². The number of carbonyl (C=O) groups excluding carboxylic acids is 1. The van der Waals surface area contributed by atoms with Crippen LogP contribution in [-0.2, 0) is 4.79 Å². The molecule has 0 spiro atoms. The Bertz CT molecular complexity index is 321. The number of hydroxylamine groups is 1. The van der Waals surface area contributed by atoms with Crippen molar-refractivity contribution >= 4 is 5.91 Å². The maximum absolute atomic E-state index is 10.5. The molecule has 13 heavy (non-hydrogen) atoms. The van der Waals surface area contributed by atoms with Crippen molar-refractivity contribution in [3.63, 3.8) is 0 Å². The van der Waals surface area contributed by atoms with Crippen molar-refractivity contribution < 1.29 is 9.63 Å². The van der Waals surface area contributed by atoms with E-state index in [-0.39, 0.29) is 5.91 Å². The molecule has 0 unspecified atom stereocenters. The molecule has 1 N–H and O–H groups in total. The van der Waals surface area contributed by atoms with Gasteiger partial charge in [-0.2, -0.15) is 5.48 Å². The largest absolute Gasteiger partial charge is 0.380 e. The van der Waals surface area contributed by atoms with E-state index in [0.717, 1.165) is 5.56 Å². The summed E-state index contributed by atoms with van der Waals surface area (Å²) in [4.78, 5) is 15.5. The van der Waals surface area contributed by atoms with E-state index < -0.39 is 0 Å². The minimum atomic E-state index is -0.210. The van der Waals surface area contributed by atoms with Crippen LogP contribution in [0.1, 0.15) is 18.1 Å². The van der Waals surface area contributed by atoms with Crippen LogP contribution in [0.15, 0.2) is 18.2 Å². The number of carbonyl (C=O) groups is 1. The van der Waals surface area contributed by atoms with Gasteiger partial charge in [0.15, 0.2) is 5.75 Å². The van der Waals surface area contributed by atoms with Crippen LogP contribution >= 0.6 is 0 Å². The molecule has 0 atom stereocenters. The Balaban J connectivity index is 2.68. The lowest BCUT2D eigenvalue weighted by Gasteiger charge is -2.06. The zero-order valence-electron chi connectivity index (χ0n) is 8.05. The van der Waals surface area contributed by atoms with Gasteiger partial charge in [0.2, 0.25) is 5.91 Å². The van der Waals surface area contributed by atoms with Crippen LogP contribution in [0.3, 0.4) is 0 Å². The predicted octanol–water partition coefficient (Wildman–Crippen LogP) is 1.73. The van der Waals surface area contributed by atoms with Gasteiger partial charge in [0.25, 0.3) is 0 Å². The van der Waals surface area contributed by atoms with E-state index in [4.69, 9.17) is 4.84 Å². The van der Waals surface area contributed by atoms with Gasteiger partial charge in [-0.05, 0) is 37.1 Å². The van der Waals surface area contributed by atoms with Crippen LogP contribution in [0.4, 0.5) is 0 Å². The predicted molar refractivity (Wildman–Crippen MR) is 50.4 cm³/mol. The molecule has 0 saturated carbocycles. The van der Waals surface area contributed by atoms with Crippen molar-refractivity contribution in [3.05, 3.63) is 29.3 Å². The standard InChI is InChI=1S/C10H13NO2/c1-7-4-5-10(6-8(7)2)13-11-9(3)12/h4-6H,1-3H3,(H,11,12). The molecule has 0 heterocycles. The molecule has 0 aliphatic rings. The van der Waals surface area contributed by atoms with Crippen molar-refractivity contribution in [2.45, 2.75) is 20.8 Å². The molecule has 1 aromatic carbocycles. The average Bonchev–Trinajstić information content (AvgIpc) is 2.07. The summed E-state index contributed by atoms with van der Waals surface area (Å²) in [6.07, 6.45) is 0. The molecule has 70 valence electrons. The zero-order chi connectivity index (χ0) is 9.84.